The van der Waals surface area contributed by atoms with Crippen LogP contribution in [0.5, 0.6) is 0 Å². The van der Waals surface area contributed by atoms with Crippen LogP contribution in [0.4, 0.5) is 4.39 Å². The van der Waals surface area contributed by atoms with Crippen molar-refractivity contribution >= 4 is 21.4 Å². The molecule has 0 aliphatic carbocycles. The summed E-state index contributed by atoms with van der Waals surface area (Å²) in [6.45, 7) is 2.04. The van der Waals surface area contributed by atoms with Crippen LogP contribution in [-0.2, 0) is 5.67 Å². The molecule has 0 fully saturated rings. The summed E-state index contributed by atoms with van der Waals surface area (Å²) in [4.78, 5) is 0. The van der Waals surface area contributed by atoms with Crippen molar-refractivity contribution in [1.29, 1.82) is 0 Å². The van der Waals surface area contributed by atoms with Gasteiger partial charge in [-0.25, -0.2) is 4.39 Å². The Morgan fingerprint density at radius 3 is 2.88 bits per heavy atom. The smallest absolute Gasteiger partial charge is 0.149 e. The van der Waals surface area contributed by atoms with E-state index < -0.39 is 5.67 Å². The molecule has 0 aliphatic heterocycles. The molecule has 1 atom stereocenters. The van der Waals surface area contributed by atoms with Gasteiger partial charge >= 0.3 is 0 Å². The van der Waals surface area contributed by atoms with Crippen LogP contribution in [0.1, 0.15) is 25.3 Å². The second kappa shape index (κ2) is 4.52. The molecule has 0 saturated heterocycles. The Labute approximate surface area is 99.1 Å². The van der Waals surface area contributed by atoms with Crippen molar-refractivity contribution < 1.29 is 4.39 Å². The van der Waals surface area contributed by atoms with E-state index in [4.69, 9.17) is 5.73 Å². The van der Waals surface area contributed by atoms with E-state index in [-0.39, 0.29) is 6.54 Å². The van der Waals surface area contributed by atoms with Crippen LogP contribution in [0.25, 0.3) is 10.1 Å². The van der Waals surface area contributed by atoms with E-state index in [0.29, 0.717) is 6.42 Å². The van der Waals surface area contributed by atoms with Gasteiger partial charge in [-0.3, -0.25) is 0 Å². The standard InChI is InChI=1S/C13H16FNS/c1-2-7-13(14,9-15)11-5-3-4-10-6-8-16-12(10)11/h3-6,8H,2,7,9,15H2,1H3. The average Bonchev–Trinajstić information content (AvgIpc) is 2.76. The van der Waals surface area contributed by atoms with E-state index in [2.05, 4.69) is 0 Å². The zero-order valence-corrected chi connectivity index (χ0v) is 10.2. The molecule has 1 aromatic heterocycles. The van der Waals surface area contributed by atoms with Crippen molar-refractivity contribution in [2.24, 2.45) is 5.73 Å². The van der Waals surface area contributed by atoms with Crippen molar-refractivity contribution in [1.82, 2.24) is 0 Å². The number of hydrogen-bond acceptors (Lipinski definition) is 2. The van der Waals surface area contributed by atoms with Crippen LogP contribution in [0.15, 0.2) is 29.6 Å². The van der Waals surface area contributed by atoms with E-state index in [1.165, 1.54) is 0 Å². The third-order valence-electron chi connectivity index (χ3n) is 2.93. The van der Waals surface area contributed by atoms with Gasteiger partial charge in [0.05, 0.1) is 0 Å². The van der Waals surface area contributed by atoms with Gasteiger partial charge in [0.25, 0.3) is 0 Å². The van der Waals surface area contributed by atoms with Gasteiger partial charge in [-0.15, -0.1) is 11.3 Å². The molecule has 0 radical (unpaired) electrons. The van der Waals surface area contributed by atoms with E-state index in [0.717, 1.165) is 22.1 Å². The van der Waals surface area contributed by atoms with Crippen LogP contribution in [0.3, 0.4) is 0 Å². The number of halogens is 1. The molecule has 1 unspecified atom stereocenters. The zero-order chi connectivity index (χ0) is 11.6. The predicted octanol–water partition coefficient (Wildman–Crippen LogP) is 3.82. The first-order valence-corrected chi connectivity index (χ1v) is 6.45. The minimum Gasteiger partial charge on any atom is -0.327 e. The molecule has 0 spiro atoms. The quantitative estimate of drug-likeness (QED) is 0.859. The van der Waals surface area contributed by atoms with E-state index in [1.54, 1.807) is 11.3 Å². The summed E-state index contributed by atoms with van der Waals surface area (Å²) in [7, 11) is 0. The Hall–Kier alpha value is -0.930. The average molecular weight is 237 g/mol. The van der Waals surface area contributed by atoms with Crippen LogP contribution in [0, 0.1) is 0 Å². The molecule has 0 aliphatic rings. The van der Waals surface area contributed by atoms with Crippen molar-refractivity contribution in [3.63, 3.8) is 0 Å². The largest absolute Gasteiger partial charge is 0.327 e. The van der Waals surface area contributed by atoms with Gasteiger partial charge in [0.1, 0.15) is 5.67 Å². The summed E-state index contributed by atoms with van der Waals surface area (Å²) in [5.74, 6) is 0. The third-order valence-corrected chi connectivity index (χ3v) is 3.89. The van der Waals surface area contributed by atoms with Crippen molar-refractivity contribution in [3.8, 4) is 0 Å². The highest BCUT2D eigenvalue weighted by Gasteiger charge is 2.31. The molecule has 2 aromatic rings. The fourth-order valence-corrected chi connectivity index (χ4v) is 3.09. The van der Waals surface area contributed by atoms with Gasteiger partial charge in [0.15, 0.2) is 0 Å². The number of rotatable bonds is 4. The summed E-state index contributed by atoms with van der Waals surface area (Å²) >= 11 is 1.59. The van der Waals surface area contributed by atoms with Crippen LogP contribution < -0.4 is 5.73 Å². The molecule has 0 bridgehead atoms. The van der Waals surface area contributed by atoms with Gasteiger partial charge in [-0.05, 0) is 23.3 Å². The van der Waals surface area contributed by atoms with Gasteiger partial charge in [0.2, 0.25) is 0 Å². The van der Waals surface area contributed by atoms with Gasteiger partial charge in [-0.2, -0.15) is 0 Å². The zero-order valence-electron chi connectivity index (χ0n) is 9.37. The number of alkyl halides is 1. The number of benzene rings is 1. The van der Waals surface area contributed by atoms with Crippen LogP contribution in [0.2, 0.25) is 0 Å². The lowest BCUT2D eigenvalue weighted by Crippen LogP contribution is -2.30. The van der Waals surface area contributed by atoms with E-state index in [1.807, 2.05) is 36.6 Å². The second-order valence-corrected chi connectivity index (χ2v) is 4.98. The number of fused-ring (bicyclic) bond motifs is 1. The Morgan fingerprint density at radius 1 is 1.38 bits per heavy atom. The first-order valence-electron chi connectivity index (χ1n) is 5.57. The summed E-state index contributed by atoms with van der Waals surface area (Å²) < 4.78 is 15.8. The summed E-state index contributed by atoms with van der Waals surface area (Å²) in [6.07, 6.45) is 1.29. The normalized spacial score (nSPS) is 15.2. The lowest BCUT2D eigenvalue weighted by Gasteiger charge is -2.24. The van der Waals surface area contributed by atoms with Crippen LogP contribution >= 0.6 is 11.3 Å². The van der Waals surface area contributed by atoms with Gasteiger partial charge < -0.3 is 5.73 Å². The fourth-order valence-electron chi connectivity index (χ4n) is 2.09. The maximum absolute atomic E-state index is 14.7. The molecule has 1 nitrogen and oxygen atoms in total. The molecule has 16 heavy (non-hydrogen) atoms. The molecule has 3 heteroatoms. The summed E-state index contributed by atoms with van der Waals surface area (Å²) in [6, 6.07) is 7.80. The predicted molar refractivity (Wildman–Crippen MR) is 68.6 cm³/mol. The maximum Gasteiger partial charge on any atom is 0.149 e. The SMILES string of the molecule is CCCC(F)(CN)c1cccc2ccsc12. The Bertz CT molecular complexity index is 479. The molecular weight excluding hydrogens is 221 g/mol. The third kappa shape index (κ3) is 1.85. The maximum atomic E-state index is 14.7. The highest BCUT2D eigenvalue weighted by Crippen LogP contribution is 2.37. The van der Waals surface area contributed by atoms with Crippen molar-refractivity contribution in [3.05, 3.63) is 35.2 Å². The molecule has 2 N–H and O–H groups in total. The molecule has 86 valence electrons. The Morgan fingerprint density at radius 2 is 2.19 bits per heavy atom. The number of thiophene rings is 1. The first-order chi connectivity index (χ1) is 7.71. The van der Waals surface area contributed by atoms with Gasteiger partial charge in [0, 0.05) is 16.8 Å². The van der Waals surface area contributed by atoms with E-state index in [9.17, 15) is 4.39 Å². The van der Waals surface area contributed by atoms with Crippen molar-refractivity contribution in [2.45, 2.75) is 25.4 Å². The van der Waals surface area contributed by atoms with Crippen LogP contribution in [-0.4, -0.2) is 6.54 Å². The number of nitrogens with two attached hydrogens (primary N) is 1. The number of hydrogen-bond donors (Lipinski definition) is 1. The minimum atomic E-state index is -1.38. The highest BCUT2D eigenvalue weighted by atomic mass is 32.1. The molecule has 1 aromatic carbocycles. The fraction of sp³-hybridized carbons (Fsp3) is 0.385. The first kappa shape index (κ1) is 11.6. The highest BCUT2D eigenvalue weighted by molar-refractivity contribution is 7.17. The van der Waals surface area contributed by atoms with Gasteiger partial charge in [-0.1, -0.05) is 31.5 Å². The van der Waals surface area contributed by atoms with Crippen molar-refractivity contribution in [2.75, 3.05) is 6.54 Å². The monoisotopic (exact) mass is 237 g/mol. The van der Waals surface area contributed by atoms with E-state index >= 15 is 0 Å². The summed E-state index contributed by atoms with van der Waals surface area (Å²) in [5.41, 5.74) is 4.99. The summed E-state index contributed by atoms with van der Waals surface area (Å²) in [5, 5.41) is 3.10. The molecule has 0 saturated carbocycles. The molecule has 2 rings (SSSR count). The second-order valence-electron chi connectivity index (χ2n) is 4.06. The topological polar surface area (TPSA) is 26.0 Å². The lowest BCUT2D eigenvalue weighted by atomic mass is 9.90. The Kier molecular flexibility index (Phi) is 3.26. The minimum absolute atomic E-state index is 0.0534. The Balaban J connectivity index is 2.56. The lowest BCUT2D eigenvalue weighted by molar-refractivity contribution is 0.162. The molecule has 0 amide bonds. The molecule has 1 heterocycles. The molecular formula is C13H16FNS.